The number of benzene rings is 1. The van der Waals surface area contributed by atoms with Gasteiger partial charge in [0.05, 0.1) is 14.7 Å². The monoisotopic (exact) mass is 490 g/mol. The SMILES string of the molecule is O=[N+]([O-])c1cc(S(=O)(=O)C(F)(F)F)ccc1Sc1nnc(Cc2cccs2)n1C1CC1. The predicted octanol–water partition coefficient (Wildman–Crippen LogP) is 4.62. The lowest BCUT2D eigenvalue weighted by Gasteiger charge is -2.10. The Balaban J connectivity index is 1.70. The van der Waals surface area contributed by atoms with Gasteiger partial charge in [0.2, 0.25) is 0 Å². The van der Waals surface area contributed by atoms with Crippen molar-refractivity contribution in [2.24, 2.45) is 0 Å². The predicted molar refractivity (Wildman–Crippen MR) is 106 cm³/mol. The van der Waals surface area contributed by atoms with E-state index in [2.05, 4.69) is 10.2 Å². The summed E-state index contributed by atoms with van der Waals surface area (Å²) in [4.78, 5) is 10.4. The van der Waals surface area contributed by atoms with E-state index >= 15 is 0 Å². The minimum absolute atomic E-state index is 0.0249. The second kappa shape index (κ2) is 7.91. The van der Waals surface area contributed by atoms with Crippen LogP contribution in [-0.4, -0.2) is 33.6 Å². The smallest absolute Gasteiger partial charge is 0.302 e. The van der Waals surface area contributed by atoms with Crippen LogP contribution in [0, 0.1) is 10.1 Å². The molecule has 0 bridgehead atoms. The summed E-state index contributed by atoms with van der Waals surface area (Å²) in [5.74, 6) is 0.686. The topological polar surface area (TPSA) is 108 Å². The zero-order chi connectivity index (χ0) is 22.4. The van der Waals surface area contributed by atoms with Gasteiger partial charge in [-0.1, -0.05) is 6.07 Å². The minimum Gasteiger partial charge on any atom is -0.302 e. The third-order valence-electron chi connectivity index (χ3n) is 4.50. The normalized spacial score (nSPS) is 14.7. The van der Waals surface area contributed by atoms with E-state index in [0.717, 1.165) is 35.5 Å². The van der Waals surface area contributed by atoms with Crippen LogP contribution < -0.4 is 0 Å². The van der Waals surface area contributed by atoms with Crippen molar-refractivity contribution in [1.29, 1.82) is 0 Å². The molecule has 0 saturated heterocycles. The van der Waals surface area contributed by atoms with Gasteiger partial charge in [-0.05, 0) is 48.2 Å². The number of nitro benzene ring substituents is 1. The molecule has 2 aromatic heterocycles. The molecule has 1 aromatic carbocycles. The molecule has 14 heteroatoms. The molecule has 0 aliphatic heterocycles. The highest BCUT2D eigenvalue weighted by Crippen LogP contribution is 2.43. The van der Waals surface area contributed by atoms with E-state index in [0.29, 0.717) is 29.5 Å². The molecule has 1 fully saturated rings. The van der Waals surface area contributed by atoms with E-state index in [1.807, 2.05) is 22.1 Å². The van der Waals surface area contributed by atoms with Crippen LogP contribution in [0.15, 0.2) is 50.7 Å². The summed E-state index contributed by atoms with van der Waals surface area (Å²) in [5.41, 5.74) is -6.31. The Morgan fingerprint density at radius 2 is 2.00 bits per heavy atom. The van der Waals surface area contributed by atoms with Crippen molar-refractivity contribution >= 4 is 38.6 Å². The van der Waals surface area contributed by atoms with Gasteiger partial charge in [0.25, 0.3) is 15.5 Å². The number of hydrogen-bond acceptors (Lipinski definition) is 8. The molecular weight excluding hydrogens is 477 g/mol. The Labute approximate surface area is 182 Å². The van der Waals surface area contributed by atoms with Crippen molar-refractivity contribution in [3.63, 3.8) is 0 Å². The van der Waals surface area contributed by atoms with Crippen LogP contribution in [0.4, 0.5) is 18.9 Å². The number of halogens is 3. The Bertz CT molecular complexity index is 1240. The first-order valence-electron chi connectivity index (χ1n) is 8.81. The second-order valence-corrected chi connectivity index (χ2v) is 10.7. The van der Waals surface area contributed by atoms with Gasteiger partial charge in [0.1, 0.15) is 5.82 Å². The van der Waals surface area contributed by atoms with E-state index < -0.39 is 30.9 Å². The van der Waals surface area contributed by atoms with Gasteiger partial charge in [-0.25, -0.2) is 8.42 Å². The number of nitro groups is 1. The van der Waals surface area contributed by atoms with Gasteiger partial charge in [-0.15, -0.1) is 21.5 Å². The standard InChI is InChI=1S/C17H13F3N4O4S3/c18-17(19,20)31(27,28)12-5-6-14(13(9-12)24(25)26)30-16-22-21-15(23(16)10-3-4-10)8-11-2-1-7-29-11/h1-2,5-7,9-10H,3-4,8H2. The maximum atomic E-state index is 12.8. The van der Waals surface area contributed by atoms with Crippen molar-refractivity contribution in [3.05, 3.63) is 56.5 Å². The number of thiophene rings is 1. The zero-order valence-corrected chi connectivity index (χ0v) is 17.9. The van der Waals surface area contributed by atoms with Crippen LogP contribution in [0.5, 0.6) is 0 Å². The molecule has 0 radical (unpaired) electrons. The molecule has 0 N–H and O–H groups in total. The van der Waals surface area contributed by atoms with Gasteiger partial charge in [0.15, 0.2) is 5.16 Å². The van der Waals surface area contributed by atoms with E-state index in [4.69, 9.17) is 0 Å². The lowest BCUT2D eigenvalue weighted by molar-refractivity contribution is -0.388. The highest BCUT2D eigenvalue weighted by Gasteiger charge is 2.47. The maximum absolute atomic E-state index is 12.8. The molecule has 164 valence electrons. The Hall–Kier alpha value is -2.45. The summed E-state index contributed by atoms with van der Waals surface area (Å²) in [6.07, 6.45) is 2.33. The van der Waals surface area contributed by atoms with Crippen molar-refractivity contribution < 1.29 is 26.5 Å². The van der Waals surface area contributed by atoms with E-state index in [-0.39, 0.29) is 10.9 Å². The number of rotatable bonds is 7. The average Bonchev–Trinajstić information content (AvgIpc) is 3.25. The average molecular weight is 491 g/mol. The second-order valence-electron chi connectivity index (χ2n) is 6.69. The first-order valence-corrected chi connectivity index (χ1v) is 12.0. The number of alkyl halides is 3. The molecule has 4 rings (SSSR count). The number of aromatic nitrogens is 3. The summed E-state index contributed by atoms with van der Waals surface area (Å²) in [7, 11) is -5.70. The molecule has 0 spiro atoms. The number of hydrogen-bond donors (Lipinski definition) is 0. The van der Waals surface area contributed by atoms with E-state index in [9.17, 15) is 31.7 Å². The fraction of sp³-hybridized carbons (Fsp3) is 0.294. The van der Waals surface area contributed by atoms with Crippen LogP contribution in [0.3, 0.4) is 0 Å². The Morgan fingerprint density at radius 3 is 2.58 bits per heavy atom. The van der Waals surface area contributed by atoms with Crippen molar-refractivity contribution in [2.75, 3.05) is 0 Å². The molecule has 1 saturated carbocycles. The molecule has 1 aliphatic carbocycles. The summed E-state index contributed by atoms with van der Waals surface area (Å²) in [6, 6.07) is 6.14. The zero-order valence-electron chi connectivity index (χ0n) is 15.4. The number of sulfone groups is 1. The summed E-state index contributed by atoms with van der Waals surface area (Å²) in [6.45, 7) is 0. The fourth-order valence-electron chi connectivity index (χ4n) is 2.89. The fourth-order valence-corrected chi connectivity index (χ4v) is 5.38. The van der Waals surface area contributed by atoms with Crippen molar-refractivity contribution in [2.45, 2.75) is 45.8 Å². The highest BCUT2D eigenvalue weighted by molar-refractivity contribution is 7.99. The quantitative estimate of drug-likeness (QED) is 0.351. The highest BCUT2D eigenvalue weighted by atomic mass is 32.2. The Kier molecular flexibility index (Phi) is 5.55. The summed E-state index contributed by atoms with van der Waals surface area (Å²) < 4.78 is 63.6. The van der Waals surface area contributed by atoms with Gasteiger partial charge >= 0.3 is 5.51 Å². The molecule has 0 atom stereocenters. The lowest BCUT2D eigenvalue weighted by Crippen LogP contribution is -2.23. The van der Waals surface area contributed by atoms with Crippen LogP contribution in [-0.2, 0) is 16.3 Å². The van der Waals surface area contributed by atoms with Gasteiger partial charge in [-0.2, -0.15) is 13.2 Å². The molecule has 0 unspecified atom stereocenters. The molecule has 31 heavy (non-hydrogen) atoms. The number of nitrogens with zero attached hydrogens (tertiary/aromatic N) is 4. The van der Waals surface area contributed by atoms with Gasteiger partial charge in [-0.3, -0.25) is 10.1 Å². The first kappa shape index (κ1) is 21.8. The maximum Gasteiger partial charge on any atom is 0.501 e. The molecule has 2 heterocycles. The minimum atomic E-state index is -5.70. The van der Waals surface area contributed by atoms with Gasteiger partial charge in [0, 0.05) is 23.4 Å². The third-order valence-corrected chi connectivity index (χ3v) is 7.89. The van der Waals surface area contributed by atoms with Crippen LogP contribution in [0.25, 0.3) is 0 Å². The van der Waals surface area contributed by atoms with Crippen LogP contribution in [0.2, 0.25) is 0 Å². The molecular formula is C17H13F3N4O4S3. The van der Waals surface area contributed by atoms with E-state index in [1.165, 1.54) is 0 Å². The molecule has 8 nitrogen and oxygen atoms in total. The van der Waals surface area contributed by atoms with Crippen LogP contribution in [0.1, 0.15) is 29.6 Å². The van der Waals surface area contributed by atoms with Gasteiger partial charge < -0.3 is 4.57 Å². The summed E-state index contributed by atoms with van der Waals surface area (Å²) in [5, 5.41) is 22.1. The third kappa shape index (κ3) is 4.32. The summed E-state index contributed by atoms with van der Waals surface area (Å²) >= 11 is 2.43. The molecule has 0 amide bonds. The molecule has 3 aromatic rings. The lowest BCUT2D eigenvalue weighted by atomic mass is 10.3. The van der Waals surface area contributed by atoms with Crippen molar-refractivity contribution in [3.8, 4) is 0 Å². The largest absolute Gasteiger partial charge is 0.501 e. The van der Waals surface area contributed by atoms with Crippen LogP contribution >= 0.6 is 23.1 Å². The first-order chi connectivity index (χ1) is 14.6. The van der Waals surface area contributed by atoms with Crippen molar-refractivity contribution in [1.82, 2.24) is 14.8 Å². The van der Waals surface area contributed by atoms with E-state index in [1.54, 1.807) is 11.3 Å². The Morgan fingerprint density at radius 1 is 1.26 bits per heavy atom. The molecule has 1 aliphatic rings.